The van der Waals surface area contributed by atoms with Crippen molar-refractivity contribution in [3.8, 4) is 0 Å². The lowest BCUT2D eigenvalue weighted by Crippen LogP contribution is -2.20. The third kappa shape index (κ3) is 13.9. The van der Waals surface area contributed by atoms with Gasteiger partial charge in [0.25, 0.3) is 0 Å². The Kier molecular flexibility index (Phi) is 11.8. The van der Waals surface area contributed by atoms with Crippen molar-refractivity contribution in [3.63, 3.8) is 0 Å². The van der Waals surface area contributed by atoms with Gasteiger partial charge in [-0.25, -0.2) is 0 Å². The van der Waals surface area contributed by atoms with Crippen molar-refractivity contribution < 1.29 is 19.1 Å². The van der Waals surface area contributed by atoms with E-state index in [-0.39, 0.29) is 24.6 Å². The Hall–Kier alpha value is -1.06. The molecule has 0 heterocycles. The van der Waals surface area contributed by atoms with Crippen LogP contribution in [-0.2, 0) is 19.1 Å². The van der Waals surface area contributed by atoms with Crippen LogP contribution in [0.15, 0.2) is 0 Å². The topological polar surface area (TPSA) is 52.6 Å². The Morgan fingerprint density at radius 3 is 2.00 bits per heavy atom. The van der Waals surface area contributed by atoms with E-state index in [4.69, 9.17) is 9.47 Å². The molecular weight excluding hydrogens is 316 g/mol. The molecule has 0 spiro atoms. The van der Waals surface area contributed by atoms with Crippen molar-refractivity contribution in [2.45, 2.75) is 74.1 Å². The number of carbonyl (C=O) groups excluding carboxylic acids is 2. The molecule has 146 valence electrons. The van der Waals surface area contributed by atoms with Gasteiger partial charge in [0, 0.05) is 0 Å². The molecule has 4 nitrogen and oxygen atoms in total. The van der Waals surface area contributed by atoms with E-state index in [0.29, 0.717) is 12.3 Å². The van der Waals surface area contributed by atoms with Crippen LogP contribution in [0.5, 0.6) is 0 Å². The summed E-state index contributed by atoms with van der Waals surface area (Å²) in [5.74, 6) is 1.38. The zero-order valence-corrected chi connectivity index (χ0v) is 17.3. The Bertz CT molecular complexity index is 387. The van der Waals surface area contributed by atoms with Gasteiger partial charge in [-0.05, 0) is 48.9 Å². The van der Waals surface area contributed by atoms with Gasteiger partial charge in [-0.2, -0.15) is 0 Å². The highest BCUT2D eigenvalue weighted by molar-refractivity contribution is 5.79. The van der Waals surface area contributed by atoms with Crippen LogP contribution in [-0.4, -0.2) is 25.2 Å². The van der Waals surface area contributed by atoms with Crippen LogP contribution in [0.2, 0.25) is 0 Å². The molecule has 0 saturated heterocycles. The van der Waals surface area contributed by atoms with Crippen molar-refractivity contribution in [2.24, 2.45) is 23.2 Å². The summed E-state index contributed by atoms with van der Waals surface area (Å²) in [6.45, 7) is 15.4. The smallest absolute Gasteiger partial charge is 0.309 e. The van der Waals surface area contributed by atoms with Crippen molar-refractivity contribution >= 4 is 11.9 Å². The molecule has 2 unspecified atom stereocenters. The molecule has 0 amide bonds. The third-order valence-corrected chi connectivity index (χ3v) is 4.21. The first-order valence-corrected chi connectivity index (χ1v) is 9.51. The van der Waals surface area contributed by atoms with Crippen molar-refractivity contribution in [1.29, 1.82) is 0 Å². The van der Waals surface area contributed by atoms with Crippen LogP contribution in [0, 0.1) is 36.0 Å². The van der Waals surface area contributed by atoms with Gasteiger partial charge in [0.15, 0.2) is 0 Å². The fraction of sp³-hybridized carbons (Fsp3) is 0.810. The number of carbonyl (C=O) groups is 2. The molecule has 2 radical (unpaired) electrons. The molecule has 0 rings (SSSR count). The Morgan fingerprint density at radius 1 is 0.920 bits per heavy atom. The van der Waals surface area contributed by atoms with Crippen molar-refractivity contribution in [3.05, 3.63) is 12.8 Å². The summed E-state index contributed by atoms with van der Waals surface area (Å²) in [5, 5.41) is 0. The second kappa shape index (κ2) is 12.3. The lowest BCUT2D eigenvalue weighted by atomic mass is 9.77. The highest BCUT2D eigenvalue weighted by Crippen LogP contribution is 2.33. The summed E-state index contributed by atoms with van der Waals surface area (Å²) >= 11 is 0. The van der Waals surface area contributed by atoms with E-state index in [9.17, 15) is 9.59 Å². The highest BCUT2D eigenvalue weighted by Gasteiger charge is 2.24. The quantitative estimate of drug-likeness (QED) is 0.344. The van der Waals surface area contributed by atoms with Crippen LogP contribution in [0.4, 0.5) is 0 Å². The largest absolute Gasteiger partial charge is 0.462 e. The van der Waals surface area contributed by atoms with Crippen molar-refractivity contribution in [1.82, 2.24) is 0 Å². The number of esters is 2. The first-order valence-electron chi connectivity index (χ1n) is 9.51. The first kappa shape index (κ1) is 23.9. The molecule has 0 aromatic rings. The summed E-state index contributed by atoms with van der Waals surface area (Å²) in [6.07, 6.45) is 7.22. The molecule has 0 aliphatic heterocycles. The van der Waals surface area contributed by atoms with Crippen LogP contribution < -0.4 is 0 Å². The highest BCUT2D eigenvalue weighted by atomic mass is 16.6. The maximum absolute atomic E-state index is 11.8. The van der Waals surface area contributed by atoms with Gasteiger partial charge in [0.2, 0.25) is 0 Å². The number of hydrogen-bond acceptors (Lipinski definition) is 4. The molecule has 25 heavy (non-hydrogen) atoms. The number of hydrogen-bond donors (Lipinski definition) is 0. The normalized spacial score (nSPS) is 14.2. The molecule has 0 N–H and O–H groups in total. The molecule has 0 bridgehead atoms. The van der Waals surface area contributed by atoms with Gasteiger partial charge < -0.3 is 9.47 Å². The number of ether oxygens (including phenoxy) is 2. The second-order valence-electron chi connectivity index (χ2n) is 8.48. The maximum Gasteiger partial charge on any atom is 0.309 e. The zero-order chi connectivity index (χ0) is 19.5. The predicted molar refractivity (Wildman–Crippen MR) is 102 cm³/mol. The average molecular weight is 355 g/mol. The van der Waals surface area contributed by atoms with Gasteiger partial charge in [-0.1, -0.05) is 48.5 Å². The summed E-state index contributed by atoms with van der Waals surface area (Å²) < 4.78 is 9.88. The van der Waals surface area contributed by atoms with Crippen LogP contribution >= 0.6 is 0 Å². The minimum Gasteiger partial charge on any atom is -0.462 e. The minimum atomic E-state index is -0.401. The summed E-state index contributed by atoms with van der Waals surface area (Å²) in [7, 11) is 0. The van der Waals surface area contributed by atoms with Gasteiger partial charge >= 0.3 is 11.9 Å². The summed E-state index contributed by atoms with van der Waals surface area (Å²) in [5.41, 5.74) is 0.0691. The van der Waals surface area contributed by atoms with Gasteiger partial charge in [-0.3, -0.25) is 9.59 Å². The SMILES string of the molecule is C[CH]C(=O)OCCOC(=O)[CH]CC(C)(C)CC(C)CC(C)CC(C)C. The van der Waals surface area contributed by atoms with Crippen LogP contribution in [0.1, 0.15) is 74.1 Å². The fourth-order valence-electron chi connectivity index (χ4n) is 3.48. The predicted octanol–water partition coefficient (Wildman–Crippen LogP) is 5.02. The third-order valence-electron chi connectivity index (χ3n) is 4.21. The molecule has 0 fully saturated rings. The average Bonchev–Trinajstić information content (AvgIpc) is 2.47. The standard InChI is InChI=1S/C21H38O4/c1-8-19(22)24-11-12-25-20(23)9-10-21(6,7)15-18(5)14-17(4)13-16(2)3/h8-9,16-18H,10-15H2,1-7H3. The van der Waals surface area contributed by atoms with Gasteiger partial charge in [0.1, 0.15) is 13.2 Å². The molecule has 0 aromatic carbocycles. The van der Waals surface area contributed by atoms with E-state index < -0.39 is 5.97 Å². The molecule has 0 aliphatic rings. The summed E-state index contributed by atoms with van der Waals surface area (Å²) in [6, 6.07) is 0. The van der Waals surface area contributed by atoms with Crippen LogP contribution in [0.25, 0.3) is 0 Å². The lowest BCUT2D eigenvalue weighted by molar-refractivity contribution is -0.148. The zero-order valence-electron chi connectivity index (χ0n) is 17.3. The van der Waals surface area contributed by atoms with E-state index in [1.54, 1.807) is 13.3 Å². The van der Waals surface area contributed by atoms with E-state index in [1.807, 2.05) is 0 Å². The Labute approximate surface area is 155 Å². The van der Waals surface area contributed by atoms with Crippen molar-refractivity contribution in [2.75, 3.05) is 13.2 Å². The van der Waals surface area contributed by atoms with Gasteiger partial charge in [0.05, 0.1) is 12.8 Å². The fourth-order valence-corrected chi connectivity index (χ4v) is 3.48. The van der Waals surface area contributed by atoms with E-state index in [1.165, 1.54) is 19.3 Å². The van der Waals surface area contributed by atoms with Gasteiger partial charge in [-0.15, -0.1) is 0 Å². The van der Waals surface area contributed by atoms with Crippen LogP contribution in [0.3, 0.4) is 0 Å². The first-order chi connectivity index (χ1) is 11.6. The molecular formula is C21H38O4. The second-order valence-corrected chi connectivity index (χ2v) is 8.48. The molecule has 2 atom stereocenters. The Morgan fingerprint density at radius 2 is 1.48 bits per heavy atom. The van der Waals surface area contributed by atoms with E-state index in [2.05, 4.69) is 41.5 Å². The van der Waals surface area contributed by atoms with E-state index in [0.717, 1.165) is 18.3 Å². The lowest BCUT2D eigenvalue weighted by Gasteiger charge is -2.29. The summed E-state index contributed by atoms with van der Waals surface area (Å²) in [4.78, 5) is 22.7. The maximum atomic E-state index is 11.8. The molecule has 0 aromatic heterocycles. The molecule has 0 saturated carbocycles. The minimum absolute atomic E-state index is 0.0691. The molecule has 4 heteroatoms. The number of rotatable bonds is 13. The molecule has 0 aliphatic carbocycles. The Balaban J connectivity index is 4.01. The van der Waals surface area contributed by atoms with E-state index >= 15 is 0 Å². The monoisotopic (exact) mass is 354 g/mol.